The minimum Gasteiger partial charge on any atom is -0.322 e. The van der Waals surface area contributed by atoms with Crippen molar-refractivity contribution in [2.24, 2.45) is 0 Å². The summed E-state index contributed by atoms with van der Waals surface area (Å²) in [4.78, 5) is 20.2. The Balaban J connectivity index is 1.53. The first kappa shape index (κ1) is 20.8. The monoisotopic (exact) mass is 452 g/mol. The van der Waals surface area contributed by atoms with Gasteiger partial charge in [0, 0.05) is 29.6 Å². The van der Waals surface area contributed by atoms with Gasteiger partial charge < -0.3 is 5.32 Å². The van der Waals surface area contributed by atoms with Gasteiger partial charge in [0.15, 0.2) is 0 Å². The van der Waals surface area contributed by atoms with Crippen LogP contribution in [0.1, 0.15) is 16.8 Å². The molecule has 9 heteroatoms. The molecule has 0 radical (unpaired) electrons. The average Bonchev–Trinajstić information content (AvgIpc) is 3.14. The van der Waals surface area contributed by atoms with E-state index in [9.17, 15) is 13.2 Å². The Morgan fingerprint density at radius 1 is 1.13 bits per heavy atom. The maximum atomic E-state index is 12.7. The summed E-state index contributed by atoms with van der Waals surface area (Å²) in [5, 5.41) is 3.29. The molecular formula is C22H17ClN4O3S. The van der Waals surface area contributed by atoms with Crippen LogP contribution in [0.3, 0.4) is 0 Å². The van der Waals surface area contributed by atoms with Gasteiger partial charge in [0.05, 0.1) is 28.7 Å². The SMILES string of the molecule is [C-]#[N+]c1ccc(-c2cc(NC(=O)c3ccc(N4CCCS4(=O)=O)cc3)ccc2Cl)nc1. The highest BCUT2D eigenvalue weighted by Crippen LogP contribution is 2.30. The van der Waals surface area contributed by atoms with Crippen LogP contribution in [-0.4, -0.2) is 31.6 Å². The smallest absolute Gasteiger partial charge is 0.255 e. The van der Waals surface area contributed by atoms with E-state index in [0.29, 0.717) is 51.9 Å². The minimum atomic E-state index is -3.26. The molecule has 0 bridgehead atoms. The van der Waals surface area contributed by atoms with Crippen molar-refractivity contribution < 1.29 is 13.2 Å². The topological polar surface area (TPSA) is 83.7 Å². The second-order valence-corrected chi connectivity index (χ2v) is 9.37. The van der Waals surface area contributed by atoms with E-state index in [0.717, 1.165) is 0 Å². The van der Waals surface area contributed by atoms with E-state index in [1.54, 1.807) is 54.6 Å². The molecule has 0 saturated carbocycles. The first-order chi connectivity index (χ1) is 14.9. The number of nitrogens with one attached hydrogen (secondary N) is 1. The normalized spacial score (nSPS) is 14.8. The fourth-order valence-electron chi connectivity index (χ4n) is 3.32. The molecule has 3 aromatic rings. The third-order valence-electron chi connectivity index (χ3n) is 4.89. The van der Waals surface area contributed by atoms with Crippen molar-refractivity contribution in [3.63, 3.8) is 0 Å². The number of hydrogen-bond acceptors (Lipinski definition) is 4. The van der Waals surface area contributed by atoms with Crippen LogP contribution in [-0.2, 0) is 10.0 Å². The fraction of sp³-hybridized carbons (Fsp3) is 0.136. The fourth-order valence-corrected chi connectivity index (χ4v) is 5.10. The van der Waals surface area contributed by atoms with Crippen LogP contribution < -0.4 is 9.62 Å². The molecule has 2 aromatic carbocycles. The van der Waals surface area contributed by atoms with Crippen LogP contribution in [0.15, 0.2) is 60.8 Å². The lowest BCUT2D eigenvalue weighted by Crippen LogP contribution is -2.25. The Bertz CT molecular complexity index is 1280. The maximum Gasteiger partial charge on any atom is 0.255 e. The van der Waals surface area contributed by atoms with Gasteiger partial charge in [0.1, 0.15) is 0 Å². The highest BCUT2D eigenvalue weighted by Gasteiger charge is 2.28. The van der Waals surface area contributed by atoms with Crippen molar-refractivity contribution >= 4 is 44.6 Å². The van der Waals surface area contributed by atoms with Crippen LogP contribution in [0.25, 0.3) is 16.1 Å². The molecule has 1 aliphatic heterocycles. The summed E-state index contributed by atoms with van der Waals surface area (Å²) in [5.74, 6) is -0.190. The number of pyridine rings is 1. The van der Waals surface area contributed by atoms with Gasteiger partial charge in [-0.05, 0) is 55.0 Å². The number of aromatic nitrogens is 1. The molecule has 31 heavy (non-hydrogen) atoms. The average molecular weight is 453 g/mol. The maximum absolute atomic E-state index is 12.7. The van der Waals surface area contributed by atoms with Gasteiger partial charge in [-0.2, -0.15) is 0 Å². The second kappa shape index (κ2) is 8.38. The second-order valence-electron chi connectivity index (χ2n) is 6.95. The summed E-state index contributed by atoms with van der Waals surface area (Å²) in [5.41, 5.74) is 3.13. The van der Waals surface area contributed by atoms with Crippen LogP contribution >= 0.6 is 11.6 Å². The summed E-state index contributed by atoms with van der Waals surface area (Å²) >= 11 is 6.29. The van der Waals surface area contributed by atoms with Gasteiger partial charge >= 0.3 is 0 Å². The molecule has 7 nitrogen and oxygen atoms in total. The predicted molar refractivity (Wildman–Crippen MR) is 121 cm³/mol. The number of carbonyl (C=O) groups excluding carboxylic acids is 1. The van der Waals surface area contributed by atoms with E-state index in [1.165, 1.54) is 10.5 Å². The van der Waals surface area contributed by atoms with E-state index in [4.69, 9.17) is 18.2 Å². The first-order valence-corrected chi connectivity index (χ1v) is 11.4. The highest BCUT2D eigenvalue weighted by atomic mass is 35.5. The molecule has 0 aliphatic carbocycles. The molecule has 1 aliphatic rings. The van der Waals surface area contributed by atoms with E-state index >= 15 is 0 Å². The zero-order chi connectivity index (χ0) is 22.0. The van der Waals surface area contributed by atoms with E-state index in [1.807, 2.05) is 0 Å². The lowest BCUT2D eigenvalue weighted by Gasteiger charge is -2.17. The molecule has 1 amide bonds. The van der Waals surface area contributed by atoms with Crippen LogP contribution in [0.5, 0.6) is 0 Å². The van der Waals surface area contributed by atoms with Gasteiger partial charge in [-0.25, -0.2) is 13.3 Å². The molecule has 1 fully saturated rings. The molecule has 0 unspecified atom stereocenters. The predicted octanol–water partition coefficient (Wildman–Crippen LogP) is 4.74. The Labute approximate surface area is 185 Å². The third kappa shape index (κ3) is 4.38. The zero-order valence-electron chi connectivity index (χ0n) is 16.2. The molecule has 0 atom stereocenters. The molecule has 156 valence electrons. The molecule has 2 heterocycles. The van der Waals surface area contributed by atoms with Crippen LogP contribution in [0.4, 0.5) is 17.1 Å². The van der Waals surface area contributed by atoms with Crippen molar-refractivity contribution in [2.75, 3.05) is 21.9 Å². The molecule has 4 rings (SSSR count). The molecule has 1 saturated heterocycles. The molecule has 0 spiro atoms. The van der Waals surface area contributed by atoms with Crippen LogP contribution in [0, 0.1) is 6.57 Å². The third-order valence-corrected chi connectivity index (χ3v) is 7.09. The van der Waals surface area contributed by atoms with Crippen molar-refractivity contribution in [3.8, 4) is 11.3 Å². The van der Waals surface area contributed by atoms with Gasteiger partial charge in [0.2, 0.25) is 15.7 Å². The number of carbonyl (C=O) groups is 1. The van der Waals surface area contributed by atoms with E-state index in [2.05, 4.69) is 15.1 Å². The highest BCUT2D eigenvalue weighted by molar-refractivity contribution is 7.93. The van der Waals surface area contributed by atoms with Crippen molar-refractivity contribution in [3.05, 3.63) is 82.8 Å². The molecule has 1 aromatic heterocycles. The lowest BCUT2D eigenvalue weighted by molar-refractivity contribution is 0.102. The zero-order valence-corrected chi connectivity index (χ0v) is 17.8. The van der Waals surface area contributed by atoms with E-state index in [-0.39, 0.29) is 11.7 Å². The molecular weight excluding hydrogens is 436 g/mol. The number of rotatable bonds is 4. The number of hydrogen-bond donors (Lipinski definition) is 1. The van der Waals surface area contributed by atoms with Crippen LogP contribution in [0.2, 0.25) is 5.02 Å². The number of sulfonamides is 1. The summed E-state index contributed by atoms with van der Waals surface area (Å²) in [6.45, 7) is 7.46. The standard InChI is InChI=1S/C22H17ClN4O3S/c1-24-17-6-10-21(25-14-17)19-13-16(5-9-20(19)23)26-22(28)15-3-7-18(8-4-15)27-11-2-12-31(27,29)30/h3-10,13-14H,2,11-12H2,(H,26,28). The summed E-state index contributed by atoms with van der Waals surface area (Å²) < 4.78 is 25.5. The minimum absolute atomic E-state index is 0.142. The number of nitrogens with zero attached hydrogens (tertiary/aromatic N) is 3. The summed E-state index contributed by atoms with van der Waals surface area (Å²) in [7, 11) is -3.26. The Morgan fingerprint density at radius 2 is 1.90 bits per heavy atom. The quantitative estimate of drug-likeness (QED) is 0.579. The Kier molecular flexibility index (Phi) is 5.63. The Morgan fingerprint density at radius 3 is 2.52 bits per heavy atom. The number of amides is 1. The summed E-state index contributed by atoms with van der Waals surface area (Å²) in [6, 6.07) is 14.9. The summed E-state index contributed by atoms with van der Waals surface area (Å²) in [6.07, 6.45) is 2.06. The largest absolute Gasteiger partial charge is 0.322 e. The molecule has 1 N–H and O–H groups in total. The van der Waals surface area contributed by atoms with E-state index < -0.39 is 10.0 Å². The van der Waals surface area contributed by atoms with Gasteiger partial charge in [-0.1, -0.05) is 17.7 Å². The lowest BCUT2D eigenvalue weighted by atomic mass is 10.1. The number of anilines is 2. The van der Waals surface area contributed by atoms with Gasteiger partial charge in [-0.3, -0.25) is 14.1 Å². The van der Waals surface area contributed by atoms with Gasteiger partial charge in [0.25, 0.3) is 5.91 Å². The first-order valence-electron chi connectivity index (χ1n) is 9.43. The Hall–Kier alpha value is -3.41. The van der Waals surface area contributed by atoms with Crippen molar-refractivity contribution in [2.45, 2.75) is 6.42 Å². The van der Waals surface area contributed by atoms with Gasteiger partial charge in [-0.15, -0.1) is 0 Å². The number of halogens is 1. The van der Waals surface area contributed by atoms with Crippen molar-refractivity contribution in [1.29, 1.82) is 0 Å². The number of benzene rings is 2. The van der Waals surface area contributed by atoms with Crippen molar-refractivity contribution in [1.82, 2.24) is 4.98 Å².